The molecule has 0 bridgehead atoms. The fourth-order valence-electron chi connectivity index (χ4n) is 11.4. The number of anilines is 1. The van der Waals surface area contributed by atoms with Gasteiger partial charge in [-0.2, -0.15) is 0 Å². The molecule has 4 aliphatic rings. The summed E-state index contributed by atoms with van der Waals surface area (Å²) in [6, 6.07) is 16.7. The molecule has 10 atom stereocenters. The zero-order valence-corrected chi connectivity index (χ0v) is 47.3. The maximum Gasteiger partial charge on any atom is 0.319 e. The molecular weight excluding hydrogens is 989 g/mol. The van der Waals surface area contributed by atoms with Gasteiger partial charge in [-0.15, -0.1) is 0 Å². The van der Waals surface area contributed by atoms with E-state index in [2.05, 4.69) is 54.7 Å². The Kier molecular flexibility index (Phi) is 19.2. The lowest BCUT2D eigenvalue weighted by molar-refractivity contribution is -0.144. The topological polar surface area (TPSA) is 239 Å². The van der Waals surface area contributed by atoms with Crippen molar-refractivity contribution in [1.82, 2.24) is 47.0 Å². The van der Waals surface area contributed by atoms with Gasteiger partial charge in [0, 0.05) is 31.6 Å². The quantitative estimate of drug-likeness (QED) is 0.0833. The number of carbonyl (C=O) groups is 8. The molecule has 8 N–H and O–H groups in total. The highest BCUT2D eigenvalue weighted by Gasteiger charge is 2.48. The van der Waals surface area contributed by atoms with Gasteiger partial charge in [-0.05, 0) is 136 Å². The van der Waals surface area contributed by atoms with Gasteiger partial charge in [0.15, 0.2) is 0 Å². The van der Waals surface area contributed by atoms with Gasteiger partial charge in [-0.25, -0.2) is 4.79 Å². The Morgan fingerprint density at radius 1 is 0.590 bits per heavy atom. The molecule has 18 heteroatoms. The maximum absolute atomic E-state index is 14.6. The molecule has 2 heterocycles. The Morgan fingerprint density at radius 2 is 1.05 bits per heavy atom. The van der Waals surface area contributed by atoms with E-state index in [-0.39, 0.29) is 92.1 Å². The van der Waals surface area contributed by atoms with Gasteiger partial charge in [-0.3, -0.25) is 33.6 Å². The molecule has 2 aliphatic heterocycles. The molecule has 78 heavy (non-hydrogen) atoms. The van der Waals surface area contributed by atoms with E-state index in [0.717, 1.165) is 49.7 Å². The van der Waals surface area contributed by atoms with Crippen molar-refractivity contribution in [2.45, 2.75) is 174 Å². The van der Waals surface area contributed by atoms with Crippen LogP contribution in [0, 0.1) is 16.7 Å². The summed E-state index contributed by atoms with van der Waals surface area (Å²) in [6.07, 6.45) is 5.82. The SMILES string of the molecule is CN[C@@H](C)C(=O)N[C@H](C(=O)N1C[C@@H](CC(=O)Cc2ccc(NC(=O)N[C@H]3C[C@@H](C(=O)N[C@@H]4CCCc5ccccc54)N(C(=O)[C@@H](NC(=O)[C@H](C)NC)C(C)(C)C)C3)cc2)CC1C(=O)N[C@@H]1CCCc2ccccc21)C(C)(C)C. The van der Waals surface area contributed by atoms with Gasteiger partial charge in [0.05, 0.1) is 30.2 Å². The van der Waals surface area contributed by atoms with Crippen LogP contribution in [0.2, 0.25) is 0 Å². The zero-order valence-electron chi connectivity index (χ0n) is 47.3. The van der Waals surface area contributed by atoms with Gasteiger partial charge >= 0.3 is 6.03 Å². The lowest BCUT2D eigenvalue weighted by atomic mass is 9.85. The summed E-state index contributed by atoms with van der Waals surface area (Å²) in [5, 5.41) is 24.0. The van der Waals surface area contributed by atoms with Crippen molar-refractivity contribution in [3.63, 3.8) is 0 Å². The van der Waals surface area contributed by atoms with E-state index < -0.39 is 65.1 Å². The highest BCUT2D eigenvalue weighted by Crippen LogP contribution is 2.35. The maximum atomic E-state index is 14.6. The summed E-state index contributed by atoms with van der Waals surface area (Å²) < 4.78 is 0. The van der Waals surface area contributed by atoms with Gasteiger partial charge in [0.2, 0.25) is 35.4 Å². The minimum absolute atomic E-state index is 0.0355. The minimum atomic E-state index is -0.964. The van der Waals surface area contributed by atoms with Crippen LogP contribution in [0.15, 0.2) is 72.8 Å². The molecule has 7 rings (SSSR count). The third-order valence-corrected chi connectivity index (χ3v) is 16.1. The van der Waals surface area contributed by atoms with Crippen LogP contribution in [0.3, 0.4) is 0 Å². The van der Waals surface area contributed by atoms with Crippen LogP contribution in [-0.4, -0.2) is 127 Å². The number of likely N-dealkylation sites (tertiary alicyclic amines) is 2. The molecule has 2 fully saturated rings. The molecule has 1 unspecified atom stereocenters. The predicted molar refractivity (Wildman–Crippen MR) is 300 cm³/mol. The lowest BCUT2D eigenvalue weighted by Crippen LogP contribution is -2.59. The summed E-state index contributed by atoms with van der Waals surface area (Å²) in [4.78, 5) is 115. The van der Waals surface area contributed by atoms with Crippen molar-refractivity contribution in [3.05, 3.63) is 101 Å². The van der Waals surface area contributed by atoms with E-state index in [1.807, 2.05) is 77.9 Å². The van der Waals surface area contributed by atoms with E-state index in [4.69, 9.17) is 0 Å². The Hall–Kier alpha value is -6.66. The van der Waals surface area contributed by atoms with Crippen LogP contribution in [0.5, 0.6) is 0 Å². The number of benzene rings is 3. The fraction of sp³-hybridized carbons (Fsp3) is 0.567. The standard InChI is InChI=1S/C60H84N10O8/c1-35(61-9)52(72)67-50(59(3,4)5)56(76)69-33-38(31-48(69)54(74)65-46-23-15-19-39-17-11-13-21-44(39)46)30-43(71)29-37-25-27-41(28-26-37)63-58(78)64-42-32-49(55(75)66-47-24-16-20-40-18-12-14-22-45(40)47)70(34-42)57(77)51(60(6,7)8)68-53(73)36(2)62-10/h11-14,17-18,21-22,25-28,35-36,38,42,46-51,61-62H,15-16,19-20,23-24,29-34H2,1-10H3,(H,65,74)(H,66,75)(H,67,72)(H,68,73)(H2,63,64,78)/t35-,36-,38-,42-,46+,47+,48?,49-,50+,51+/m0/s1. The third-order valence-electron chi connectivity index (χ3n) is 16.1. The van der Waals surface area contributed by atoms with Crippen molar-refractivity contribution in [2.24, 2.45) is 16.7 Å². The summed E-state index contributed by atoms with van der Waals surface area (Å²) in [7, 11) is 3.33. The van der Waals surface area contributed by atoms with Crippen molar-refractivity contribution in [3.8, 4) is 0 Å². The Balaban J connectivity index is 0.999. The fourth-order valence-corrected chi connectivity index (χ4v) is 11.4. The Bertz CT molecular complexity index is 2500. The van der Waals surface area contributed by atoms with E-state index in [9.17, 15) is 38.4 Å². The molecule has 18 nitrogen and oxygen atoms in total. The number of likely N-dealkylation sites (N-methyl/N-ethyl adjacent to an activating group) is 2. The number of fused-ring (bicyclic) bond motifs is 2. The van der Waals surface area contributed by atoms with Crippen molar-refractivity contribution in [1.29, 1.82) is 0 Å². The molecule has 0 radical (unpaired) electrons. The Labute approximate surface area is 460 Å². The monoisotopic (exact) mass is 1070 g/mol. The highest BCUT2D eigenvalue weighted by molar-refractivity contribution is 5.96. The average molecular weight is 1070 g/mol. The molecule has 8 amide bonds. The highest BCUT2D eigenvalue weighted by atomic mass is 16.2. The van der Waals surface area contributed by atoms with Crippen molar-refractivity contribution in [2.75, 3.05) is 32.5 Å². The number of nitrogens with zero attached hydrogens (tertiary/aromatic N) is 2. The number of rotatable bonds is 18. The van der Waals surface area contributed by atoms with Gasteiger partial charge in [0.1, 0.15) is 30.0 Å². The number of hydrogen-bond donors (Lipinski definition) is 8. The molecule has 422 valence electrons. The van der Waals surface area contributed by atoms with Crippen LogP contribution < -0.4 is 42.5 Å². The molecule has 2 saturated heterocycles. The molecule has 0 aromatic heterocycles. The summed E-state index contributed by atoms with van der Waals surface area (Å²) in [5.41, 5.74) is 4.25. The molecule has 2 aliphatic carbocycles. The first-order valence-corrected chi connectivity index (χ1v) is 28.0. The number of Topliss-reactive ketones (excluding diaryl/α,β-unsaturated/α-hetero) is 1. The first kappa shape index (κ1) is 59.0. The van der Waals surface area contributed by atoms with Crippen LogP contribution >= 0.6 is 0 Å². The van der Waals surface area contributed by atoms with Crippen LogP contribution in [0.1, 0.15) is 140 Å². The molecule has 0 spiro atoms. The summed E-state index contributed by atoms with van der Waals surface area (Å²) in [5.74, 6) is -2.48. The van der Waals surface area contributed by atoms with E-state index in [1.165, 1.54) is 16.0 Å². The van der Waals surface area contributed by atoms with E-state index in [1.54, 1.807) is 57.1 Å². The number of aryl methyl sites for hydroxylation is 2. The third kappa shape index (κ3) is 14.5. The number of urea groups is 1. The van der Waals surface area contributed by atoms with Crippen LogP contribution in [-0.2, 0) is 52.8 Å². The molecule has 3 aromatic carbocycles. The number of hydrogen-bond acceptors (Lipinski definition) is 10. The number of amides is 8. The normalized spacial score (nSPS) is 22.6. The van der Waals surface area contributed by atoms with Gasteiger partial charge < -0.3 is 52.3 Å². The van der Waals surface area contributed by atoms with Crippen molar-refractivity contribution < 1.29 is 38.4 Å². The summed E-state index contributed by atoms with van der Waals surface area (Å²) in [6.45, 7) is 14.8. The minimum Gasteiger partial charge on any atom is -0.347 e. The van der Waals surface area contributed by atoms with Gasteiger partial charge in [0.25, 0.3) is 0 Å². The zero-order chi connectivity index (χ0) is 56.6. The Morgan fingerprint density at radius 3 is 1.53 bits per heavy atom. The molecule has 3 aromatic rings. The first-order valence-electron chi connectivity index (χ1n) is 28.0. The lowest BCUT2D eigenvalue weighted by Gasteiger charge is -2.36. The largest absolute Gasteiger partial charge is 0.347 e. The van der Waals surface area contributed by atoms with E-state index in [0.29, 0.717) is 11.3 Å². The second-order valence-electron chi connectivity index (χ2n) is 24.2. The second kappa shape index (κ2) is 25.4. The average Bonchev–Trinajstić information content (AvgIpc) is 4.14. The molecular formula is C60H84N10O8. The number of ketones is 1. The van der Waals surface area contributed by atoms with Crippen LogP contribution in [0.4, 0.5) is 10.5 Å². The smallest absolute Gasteiger partial charge is 0.319 e. The summed E-state index contributed by atoms with van der Waals surface area (Å²) >= 11 is 0. The predicted octanol–water partition coefficient (Wildman–Crippen LogP) is 5.16. The van der Waals surface area contributed by atoms with Crippen molar-refractivity contribution >= 4 is 52.9 Å². The second-order valence-corrected chi connectivity index (χ2v) is 24.2. The van der Waals surface area contributed by atoms with Crippen LogP contribution in [0.25, 0.3) is 0 Å². The number of nitrogens with one attached hydrogen (secondary N) is 8. The van der Waals surface area contributed by atoms with E-state index >= 15 is 0 Å². The molecule has 0 saturated carbocycles. The first-order chi connectivity index (χ1) is 36.9. The number of carbonyl (C=O) groups excluding carboxylic acids is 8. The van der Waals surface area contributed by atoms with Gasteiger partial charge in [-0.1, -0.05) is 102 Å².